The molecule has 3 rings (SSSR count). The zero-order valence-electron chi connectivity index (χ0n) is 10.9. The first kappa shape index (κ1) is 14.1. The molecule has 6 heteroatoms. The van der Waals surface area contributed by atoms with E-state index in [1.807, 2.05) is 6.07 Å². The summed E-state index contributed by atoms with van der Waals surface area (Å²) in [6.45, 7) is 1.61. The summed E-state index contributed by atoms with van der Waals surface area (Å²) in [7, 11) is 0. The van der Waals surface area contributed by atoms with Gasteiger partial charge in [-0.15, -0.1) is 0 Å². The molecule has 2 fully saturated rings. The van der Waals surface area contributed by atoms with E-state index in [2.05, 4.69) is 0 Å². The fraction of sp³-hybridized carbons (Fsp3) is 0.500. The van der Waals surface area contributed by atoms with E-state index in [9.17, 15) is 4.79 Å². The van der Waals surface area contributed by atoms with Crippen LogP contribution >= 0.6 is 23.2 Å². The van der Waals surface area contributed by atoms with Crippen molar-refractivity contribution < 1.29 is 9.53 Å². The van der Waals surface area contributed by atoms with Crippen molar-refractivity contribution in [1.29, 1.82) is 0 Å². The average Bonchev–Trinajstić information content (AvgIpc) is 3.20. The number of carbonyl (C=O) groups excluding carboxylic acids is 1. The molecule has 1 saturated carbocycles. The Balaban J connectivity index is 1.74. The van der Waals surface area contributed by atoms with Gasteiger partial charge in [0.05, 0.1) is 28.7 Å². The molecule has 1 unspecified atom stereocenters. The van der Waals surface area contributed by atoms with Crippen molar-refractivity contribution >= 4 is 29.1 Å². The van der Waals surface area contributed by atoms with E-state index in [4.69, 9.17) is 33.7 Å². The van der Waals surface area contributed by atoms with Crippen molar-refractivity contribution in [2.45, 2.75) is 24.5 Å². The molecule has 108 valence electrons. The lowest BCUT2D eigenvalue weighted by Gasteiger charge is -2.34. The largest absolute Gasteiger partial charge is 0.370 e. The zero-order valence-corrected chi connectivity index (χ0v) is 12.5. The van der Waals surface area contributed by atoms with E-state index in [0.29, 0.717) is 29.7 Å². The van der Waals surface area contributed by atoms with E-state index >= 15 is 0 Å². The smallest absolute Gasteiger partial charge is 0.242 e. The molecule has 1 saturated heterocycles. The van der Waals surface area contributed by atoms with Crippen LogP contribution in [0.4, 0.5) is 0 Å². The van der Waals surface area contributed by atoms with Crippen LogP contribution in [0, 0.1) is 0 Å². The highest BCUT2D eigenvalue weighted by Gasteiger charge is 2.48. The molecule has 0 aromatic heterocycles. The van der Waals surface area contributed by atoms with E-state index < -0.39 is 5.54 Å². The molecule has 1 aromatic rings. The standard InChI is InChI=1S/C14H16Cl2N2O2/c15-10-2-1-9(7-11(10)16)12-8-18(5-6-20-12)13(19)14(17)3-4-14/h1-2,7,12H,3-6,8,17H2. The molecule has 2 aliphatic rings. The number of hydrogen-bond acceptors (Lipinski definition) is 3. The number of benzene rings is 1. The Morgan fingerprint density at radius 2 is 2.10 bits per heavy atom. The summed E-state index contributed by atoms with van der Waals surface area (Å²) >= 11 is 11.9. The van der Waals surface area contributed by atoms with Crippen LogP contribution in [-0.4, -0.2) is 36.0 Å². The van der Waals surface area contributed by atoms with Gasteiger partial charge in [0, 0.05) is 6.54 Å². The van der Waals surface area contributed by atoms with Gasteiger partial charge in [-0.25, -0.2) is 0 Å². The van der Waals surface area contributed by atoms with Crippen molar-refractivity contribution in [2.24, 2.45) is 5.73 Å². The van der Waals surface area contributed by atoms with Crippen LogP contribution in [0.3, 0.4) is 0 Å². The third-order valence-corrected chi connectivity index (χ3v) is 4.62. The first-order chi connectivity index (χ1) is 9.49. The Labute approximate surface area is 127 Å². The van der Waals surface area contributed by atoms with Crippen molar-refractivity contribution in [2.75, 3.05) is 19.7 Å². The van der Waals surface area contributed by atoms with Gasteiger partial charge in [-0.3, -0.25) is 4.79 Å². The van der Waals surface area contributed by atoms with Crippen LogP contribution in [0.1, 0.15) is 24.5 Å². The van der Waals surface area contributed by atoms with E-state index in [0.717, 1.165) is 18.4 Å². The number of halogens is 2. The van der Waals surface area contributed by atoms with Gasteiger partial charge in [0.15, 0.2) is 0 Å². The van der Waals surface area contributed by atoms with Crippen LogP contribution in [0.5, 0.6) is 0 Å². The molecular weight excluding hydrogens is 299 g/mol. The second-order valence-corrected chi connectivity index (χ2v) is 6.25. The van der Waals surface area contributed by atoms with Gasteiger partial charge in [0.25, 0.3) is 0 Å². The number of hydrogen-bond donors (Lipinski definition) is 1. The molecule has 2 N–H and O–H groups in total. The van der Waals surface area contributed by atoms with Crippen molar-refractivity contribution in [1.82, 2.24) is 4.90 Å². The molecule has 0 spiro atoms. The van der Waals surface area contributed by atoms with Crippen molar-refractivity contribution in [3.8, 4) is 0 Å². The first-order valence-corrected chi connectivity index (χ1v) is 7.40. The minimum atomic E-state index is -0.625. The molecule has 1 atom stereocenters. The maximum absolute atomic E-state index is 12.3. The van der Waals surface area contributed by atoms with Gasteiger partial charge in [0.1, 0.15) is 6.10 Å². The van der Waals surface area contributed by atoms with Crippen LogP contribution in [0.25, 0.3) is 0 Å². The maximum Gasteiger partial charge on any atom is 0.242 e. The summed E-state index contributed by atoms with van der Waals surface area (Å²) in [4.78, 5) is 14.1. The predicted octanol–water partition coefficient (Wildman–Crippen LogP) is 2.38. The normalized spacial score (nSPS) is 24.6. The predicted molar refractivity (Wildman–Crippen MR) is 77.9 cm³/mol. The number of amides is 1. The molecule has 20 heavy (non-hydrogen) atoms. The molecule has 1 heterocycles. The minimum Gasteiger partial charge on any atom is -0.370 e. The fourth-order valence-corrected chi connectivity index (χ4v) is 2.72. The zero-order chi connectivity index (χ0) is 14.3. The highest BCUT2D eigenvalue weighted by Crippen LogP contribution is 2.36. The van der Waals surface area contributed by atoms with Gasteiger partial charge in [-0.1, -0.05) is 29.3 Å². The number of ether oxygens (including phenoxy) is 1. The summed E-state index contributed by atoms with van der Waals surface area (Å²) in [5.74, 6) is 0.0332. The summed E-state index contributed by atoms with van der Waals surface area (Å²) in [5.41, 5.74) is 6.28. The van der Waals surface area contributed by atoms with Crippen LogP contribution < -0.4 is 5.73 Å². The van der Waals surface area contributed by atoms with Crippen molar-refractivity contribution in [3.63, 3.8) is 0 Å². The van der Waals surface area contributed by atoms with Gasteiger partial charge >= 0.3 is 0 Å². The van der Waals surface area contributed by atoms with E-state index in [1.54, 1.807) is 17.0 Å². The summed E-state index contributed by atoms with van der Waals surface area (Å²) in [6, 6.07) is 5.41. The molecule has 1 aromatic carbocycles. The summed E-state index contributed by atoms with van der Waals surface area (Å²) < 4.78 is 5.74. The highest BCUT2D eigenvalue weighted by atomic mass is 35.5. The molecule has 0 radical (unpaired) electrons. The second-order valence-electron chi connectivity index (χ2n) is 5.44. The van der Waals surface area contributed by atoms with Gasteiger partial charge in [-0.05, 0) is 30.5 Å². The molecule has 0 bridgehead atoms. The topological polar surface area (TPSA) is 55.6 Å². The average molecular weight is 315 g/mol. The second kappa shape index (κ2) is 5.19. The lowest BCUT2D eigenvalue weighted by molar-refractivity contribution is -0.141. The first-order valence-electron chi connectivity index (χ1n) is 6.64. The Hall–Kier alpha value is -0.810. The van der Waals surface area contributed by atoms with E-state index in [-0.39, 0.29) is 12.0 Å². The van der Waals surface area contributed by atoms with E-state index in [1.165, 1.54) is 0 Å². The molecule has 1 amide bonds. The van der Waals surface area contributed by atoms with Gasteiger partial charge in [0.2, 0.25) is 5.91 Å². The number of nitrogens with zero attached hydrogens (tertiary/aromatic N) is 1. The molecule has 1 aliphatic carbocycles. The third-order valence-electron chi connectivity index (χ3n) is 3.88. The maximum atomic E-state index is 12.3. The Bertz CT molecular complexity index is 546. The van der Waals surface area contributed by atoms with Gasteiger partial charge in [-0.2, -0.15) is 0 Å². The Morgan fingerprint density at radius 1 is 1.35 bits per heavy atom. The minimum absolute atomic E-state index is 0.0332. The number of morpholine rings is 1. The fourth-order valence-electron chi connectivity index (χ4n) is 2.41. The monoisotopic (exact) mass is 314 g/mol. The Morgan fingerprint density at radius 3 is 2.75 bits per heavy atom. The number of rotatable bonds is 2. The quantitative estimate of drug-likeness (QED) is 0.912. The summed E-state index contributed by atoms with van der Waals surface area (Å²) in [5, 5.41) is 1.01. The molecular formula is C14H16Cl2N2O2. The van der Waals surface area contributed by atoms with Crippen LogP contribution in [0.15, 0.2) is 18.2 Å². The lowest BCUT2D eigenvalue weighted by Crippen LogP contribution is -2.50. The Kier molecular flexibility index (Phi) is 3.67. The number of nitrogens with two attached hydrogens (primary N) is 1. The summed E-state index contributed by atoms with van der Waals surface area (Å²) in [6.07, 6.45) is 1.38. The molecule has 1 aliphatic heterocycles. The third kappa shape index (κ3) is 2.66. The number of carbonyl (C=O) groups is 1. The highest BCUT2D eigenvalue weighted by molar-refractivity contribution is 6.42. The van der Waals surface area contributed by atoms with Crippen LogP contribution in [0.2, 0.25) is 10.0 Å². The lowest BCUT2D eigenvalue weighted by atomic mass is 10.1. The molecule has 4 nitrogen and oxygen atoms in total. The van der Waals surface area contributed by atoms with Crippen molar-refractivity contribution in [3.05, 3.63) is 33.8 Å². The SMILES string of the molecule is NC1(C(=O)N2CCOC(c3ccc(Cl)c(Cl)c3)C2)CC1. The van der Waals surface area contributed by atoms with Crippen LogP contribution in [-0.2, 0) is 9.53 Å². The van der Waals surface area contributed by atoms with Gasteiger partial charge < -0.3 is 15.4 Å².